The Bertz CT molecular complexity index is 760. The average molecular weight is 290 g/mol. The van der Waals surface area contributed by atoms with Crippen LogP contribution in [-0.4, -0.2) is 14.9 Å². The van der Waals surface area contributed by atoms with Crippen LogP contribution in [0.4, 0.5) is 4.39 Å². The molecular formula is C15H15FN2O3. The van der Waals surface area contributed by atoms with E-state index in [-0.39, 0.29) is 24.6 Å². The van der Waals surface area contributed by atoms with Gasteiger partial charge in [0.15, 0.2) is 5.78 Å². The number of carbonyl (C=O) groups is 1. The Balaban J connectivity index is 2.18. The third kappa shape index (κ3) is 3.53. The molecule has 0 atom stereocenters. The number of hydrogen-bond donors (Lipinski definition) is 0. The summed E-state index contributed by atoms with van der Waals surface area (Å²) in [6.07, 6.45) is 1.46. The number of carbonyl (C=O) groups excluding carboxylic acids is 1. The van der Waals surface area contributed by atoms with Crippen molar-refractivity contribution in [1.82, 2.24) is 9.13 Å². The lowest BCUT2D eigenvalue weighted by atomic mass is 10.1. The number of hydrogen-bond acceptors (Lipinski definition) is 3. The Labute approximate surface area is 120 Å². The second kappa shape index (κ2) is 6.30. The second-order valence-corrected chi connectivity index (χ2v) is 4.65. The number of aromatic nitrogens is 2. The second-order valence-electron chi connectivity index (χ2n) is 4.65. The molecule has 0 N–H and O–H groups in total. The van der Waals surface area contributed by atoms with Gasteiger partial charge < -0.3 is 4.57 Å². The van der Waals surface area contributed by atoms with Gasteiger partial charge in [0.1, 0.15) is 5.82 Å². The lowest BCUT2D eigenvalue weighted by Crippen LogP contribution is -2.40. The molecule has 0 aliphatic rings. The Kier molecular flexibility index (Phi) is 4.47. The lowest BCUT2D eigenvalue weighted by Gasteiger charge is -2.07. The van der Waals surface area contributed by atoms with Crippen LogP contribution >= 0.6 is 0 Å². The van der Waals surface area contributed by atoms with Gasteiger partial charge in [-0.15, -0.1) is 0 Å². The van der Waals surface area contributed by atoms with Crippen LogP contribution in [0, 0.1) is 5.82 Å². The van der Waals surface area contributed by atoms with Crippen molar-refractivity contribution in [2.75, 3.05) is 0 Å². The molecule has 5 nitrogen and oxygen atoms in total. The molecule has 0 bridgehead atoms. The van der Waals surface area contributed by atoms with E-state index in [9.17, 15) is 18.8 Å². The van der Waals surface area contributed by atoms with E-state index < -0.39 is 11.2 Å². The van der Waals surface area contributed by atoms with Crippen LogP contribution in [0.1, 0.15) is 12.5 Å². The fourth-order valence-corrected chi connectivity index (χ4v) is 2.01. The van der Waals surface area contributed by atoms with Crippen molar-refractivity contribution >= 4 is 5.78 Å². The van der Waals surface area contributed by atoms with Gasteiger partial charge in [0.2, 0.25) is 0 Å². The summed E-state index contributed by atoms with van der Waals surface area (Å²) in [4.78, 5) is 35.6. The molecular weight excluding hydrogens is 275 g/mol. The molecule has 0 saturated heterocycles. The molecule has 0 radical (unpaired) electrons. The van der Waals surface area contributed by atoms with E-state index >= 15 is 0 Å². The maximum absolute atomic E-state index is 12.8. The maximum atomic E-state index is 12.8. The first-order chi connectivity index (χ1) is 10.0. The van der Waals surface area contributed by atoms with Gasteiger partial charge in [0, 0.05) is 25.2 Å². The first kappa shape index (κ1) is 14.9. The molecule has 0 aliphatic heterocycles. The standard InChI is InChI=1S/C15H15FN2O3/c1-2-17-8-7-14(20)18(15(17)21)10-13(19)9-11-3-5-12(16)6-4-11/h3-8H,2,9-10H2,1H3. The van der Waals surface area contributed by atoms with Gasteiger partial charge in [-0.1, -0.05) is 12.1 Å². The van der Waals surface area contributed by atoms with Crippen LogP contribution < -0.4 is 11.2 Å². The van der Waals surface area contributed by atoms with Crippen LogP contribution in [-0.2, 0) is 24.3 Å². The molecule has 6 heteroatoms. The summed E-state index contributed by atoms with van der Waals surface area (Å²) in [7, 11) is 0. The molecule has 0 spiro atoms. The summed E-state index contributed by atoms with van der Waals surface area (Å²) in [6.45, 7) is 1.91. The summed E-state index contributed by atoms with van der Waals surface area (Å²) in [6, 6.07) is 6.80. The zero-order valence-electron chi connectivity index (χ0n) is 11.6. The van der Waals surface area contributed by atoms with Crippen LogP contribution in [0.25, 0.3) is 0 Å². The molecule has 110 valence electrons. The van der Waals surface area contributed by atoms with Crippen molar-refractivity contribution in [2.45, 2.75) is 26.4 Å². The Hall–Kier alpha value is -2.50. The van der Waals surface area contributed by atoms with Crippen molar-refractivity contribution in [3.63, 3.8) is 0 Å². The first-order valence-electron chi connectivity index (χ1n) is 6.57. The maximum Gasteiger partial charge on any atom is 0.331 e. The van der Waals surface area contributed by atoms with E-state index in [0.29, 0.717) is 12.1 Å². The quantitative estimate of drug-likeness (QED) is 0.824. The fourth-order valence-electron chi connectivity index (χ4n) is 2.01. The minimum atomic E-state index is -0.503. The highest BCUT2D eigenvalue weighted by molar-refractivity contribution is 5.80. The number of halogens is 1. The molecule has 0 unspecified atom stereocenters. The number of rotatable bonds is 5. The average Bonchev–Trinajstić information content (AvgIpc) is 2.46. The van der Waals surface area contributed by atoms with Gasteiger partial charge in [-0.05, 0) is 24.6 Å². The zero-order valence-corrected chi connectivity index (χ0v) is 11.6. The van der Waals surface area contributed by atoms with Crippen molar-refractivity contribution in [3.05, 3.63) is 68.7 Å². The topological polar surface area (TPSA) is 61.1 Å². The molecule has 2 aromatic rings. The fraction of sp³-hybridized carbons (Fsp3) is 0.267. The monoisotopic (exact) mass is 290 g/mol. The molecule has 0 fully saturated rings. The SMILES string of the molecule is CCn1ccc(=O)n(CC(=O)Cc2ccc(F)cc2)c1=O. The number of benzene rings is 1. The minimum Gasteiger partial charge on any atom is -0.301 e. The third-order valence-electron chi connectivity index (χ3n) is 3.13. The largest absolute Gasteiger partial charge is 0.331 e. The molecule has 1 heterocycles. The lowest BCUT2D eigenvalue weighted by molar-refractivity contribution is -0.119. The summed E-state index contributed by atoms with van der Waals surface area (Å²) in [5.41, 5.74) is -0.365. The van der Waals surface area contributed by atoms with Gasteiger partial charge in [0.05, 0.1) is 6.54 Å². The van der Waals surface area contributed by atoms with Crippen molar-refractivity contribution in [3.8, 4) is 0 Å². The molecule has 1 aromatic heterocycles. The van der Waals surface area contributed by atoms with Crippen LogP contribution in [0.2, 0.25) is 0 Å². The summed E-state index contributed by atoms with van der Waals surface area (Å²) >= 11 is 0. The molecule has 0 aliphatic carbocycles. The minimum absolute atomic E-state index is 0.0488. The van der Waals surface area contributed by atoms with Gasteiger partial charge in [-0.2, -0.15) is 0 Å². The van der Waals surface area contributed by atoms with Crippen LogP contribution in [0.15, 0.2) is 46.1 Å². The zero-order chi connectivity index (χ0) is 15.4. The van der Waals surface area contributed by atoms with Crippen molar-refractivity contribution < 1.29 is 9.18 Å². The molecule has 21 heavy (non-hydrogen) atoms. The van der Waals surface area contributed by atoms with Crippen LogP contribution in [0.3, 0.4) is 0 Å². The van der Waals surface area contributed by atoms with E-state index in [1.165, 1.54) is 41.1 Å². The smallest absolute Gasteiger partial charge is 0.301 e. The van der Waals surface area contributed by atoms with E-state index in [0.717, 1.165) is 4.57 Å². The van der Waals surface area contributed by atoms with Crippen molar-refractivity contribution in [1.29, 1.82) is 0 Å². The Morgan fingerprint density at radius 3 is 2.43 bits per heavy atom. The van der Waals surface area contributed by atoms with Gasteiger partial charge in [-0.3, -0.25) is 14.2 Å². The number of ketones is 1. The van der Waals surface area contributed by atoms with Gasteiger partial charge in [-0.25, -0.2) is 9.18 Å². The highest BCUT2D eigenvalue weighted by atomic mass is 19.1. The first-order valence-corrected chi connectivity index (χ1v) is 6.57. The molecule has 2 rings (SSSR count). The summed E-state index contributed by atoms with van der Waals surface area (Å²) in [5.74, 6) is -0.661. The highest BCUT2D eigenvalue weighted by Crippen LogP contribution is 2.04. The van der Waals surface area contributed by atoms with Crippen molar-refractivity contribution in [2.24, 2.45) is 0 Å². The van der Waals surface area contributed by atoms with Gasteiger partial charge in [0.25, 0.3) is 5.56 Å². The Morgan fingerprint density at radius 2 is 1.81 bits per heavy atom. The molecule has 0 amide bonds. The Morgan fingerprint density at radius 1 is 1.14 bits per heavy atom. The highest BCUT2D eigenvalue weighted by Gasteiger charge is 2.10. The summed E-state index contributed by atoms with van der Waals surface area (Å²) < 4.78 is 15.1. The van der Waals surface area contributed by atoms with E-state index in [1.807, 2.05) is 0 Å². The number of nitrogens with zero attached hydrogens (tertiary/aromatic N) is 2. The predicted octanol–water partition coefficient (Wildman–Crippen LogP) is 0.981. The van der Waals surface area contributed by atoms with Gasteiger partial charge >= 0.3 is 5.69 Å². The normalized spacial score (nSPS) is 10.6. The molecule has 1 aromatic carbocycles. The predicted molar refractivity (Wildman–Crippen MR) is 75.7 cm³/mol. The van der Waals surface area contributed by atoms with E-state index in [2.05, 4.69) is 0 Å². The van der Waals surface area contributed by atoms with Crippen LogP contribution in [0.5, 0.6) is 0 Å². The third-order valence-corrected chi connectivity index (χ3v) is 3.13. The summed E-state index contributed by atoms with van der Waals surface area (Å²) in [5, 5.41) is 0. The van der Waals surface area contributed by atoms with E-state index in [1.54, 1.807) is 6.92 Å². The number of aryl methyl sites for hydroxylation is 1. The van der Waals surface area contributed by atoms with E-state index in [4.69, 9.17) is 0 Å². The number of Topliss-reactive ketones (excluding diaryl/α,β-unsaturated/α-hetero) is 1. The molecule has 0 saturated carbocycles.